The molecule has 1 heterocycles. The lowest BCUT2D eigenvalue weighted by molar-refractivity contribution is 0.0831. The highest BCUT2D eigenvalue weighted by atomic mass is 16.7. The summed E-state index contributed by atoms with van der Waals surface area (Å²) in [4.78, 5) is 22.4. The molecule has 0 radical (unpaired) electrons. The second-order valence-corrected chi connectivity index (χ2v) is 4.53. The largest absolute Gasteiger partial charge is 0.404 e. The third-order valence-electron chi connectivity index (χ3n) is 3.10. The predicted molar refractivity (Wildman–Crippen MR) is 77.5 cm³/mol. The van der Waals surface area contributed by atoms with Crippen molar-refractivity contribution in [1.29, 1.82) is 0 Å². The molecule has 4 nitrogen and oxygen atoms in total. The van der Waals surface area contributed by atoms with Crippen molar-refractivity contribution in [3.05, 3.63) is 76.3 Å². The maximum atomic E-state index is 12.4. The molecule has 3 aromatic rings. The van der Waals surface area contributed by atoms with E-state index in [4.69, 9.17) is 4.84 Å². The number of aromatic nitrogens is 2. The van der Waals surface area contributed by atoms with Gasteiger partial charge in [-0.05, 0) is 24.6 Å². The summed E-state index contributed by atoms with van der Waals surface area (Å²) in [6, 6.07) is 17.0. The first kappa shape index (κ1) is 12.4. The molecule has 0 unspecified atom stereocenters. The maximum Gasteiger partial charge on any atom is 0.294 e. The number of rotatable bonds is 3. The Bertz CT molecular complexity index is 794. The standard InChI is InChI=1S/C16H14N2O2/c1-12-17-15-10-6-5-9-14(15)16(19)18(12)20-11-13-7-3-2-4-8-13/h2-10H,11H2,1H3. The molecule has 20 heavy (non-hydrogen) atoms. The number of fused-ring (bicyclic) bond motifs is 1. The second-order valence-electron chi connectivity index (χ2n) is 4.53. The lowest BCUT2D eigenvalue weighted by Gasteiger charge is -2.11. The smallest absolute Gasteiger partial charge is 0.294 e. The van der Waals surface area contributed by atoms with E-state index >= 15 is 0 Å². The van der Waals surface area contributed by atoms with Crippen LogP contribution in [-0.2, 0) is 6.61 Å². The Morgan fingerprint density at radius 3 is 2.55 bits per heavy atom. The van der Waals surface area contributed by atoms with E-state index in [2.05, 4.69) is 4.98 Å². The van der Waals surface area contributed by atoms with Crippen LogP contribution in [0.25, 0.3) is 10.9 Å². The summed E-state index contributed by atoms with van der Waals surface area (Å²) in [7, 11) is 0. The van der Waals surface area contributed by atoms with Crippen LogP contribution in [0, 0.1) is 6.92 Å². The van der Waals surface area contributed by atoms with E-state index in [0.29, 0.717) is 23.3 Å². The third-order valence-corrected chi connectivity index (χ3v) is 3.10. The Morgan fingerprint density at radius 1 is 1.05 bits per heavy atom. The summed E-state index contributed by atoms with van der Waals surface area (Å²) < 4.78 is 1.26. The van der Waals surface area contributed by atoms with E-state index in [1.54, 1.807) is 13.0 Å². The topological polar surface area (TPSA) is 44.1 Å². The summed E-state index contributed by atoms with van der Waals surface area (Å²) in [6.07, 6.45) is 0. The van der Waals surface area contributed by atoms with Crippen LogP contribution in [0.4, 0.5) is 0 Å². The number of nitrogens with zero attached hydrogens (tertiary/aromatic N) is 2. The van der Waals surface area contributed by atoms with E-state index < -0.39 is 0 Å². The first-order valence-corrected chi connectivity index (χ1v) is 6.41. The molecule has 2 aromatic carbocycles. The van der Waals surface area contributed by atoms with Crippen LogP contribution < -0.4 is 10.4 Å². The van der Waals surface area contributed by atoms with Crippen LogP contribution in [0.15, 0.2) is 59.4 Å². The summed E-state index contributed by atoms with van der Waals surface area (Å²) in [6.45, 7) is 2.10. The van der Waals surface area contributed by atoms with Gasteiger partial charge in [0.05, 0.1) is 10.9 Å². The first-order valence-electron chi connectivity index (χ1n) is 6.41. The van der Waals surface area contributed by atoms with Crippen LogP contribution in [0.2, 0.25) is 0 Å². The molecule has 0 spiro atoms. The van der Waals surface area contributed by atoms with Crippen molar-refractivity contribution < 1.29 is 4.84 Å². The Balaban J connectivity index is 1.97. The van der Waals surface area contributed by atoms with Crippen molar-refractivity contribution in [2.45, 2.75) is 13.5 Å². The molecule has 0 amide bonds. The Hall–Kier alpha value is -2.62. The van der Waals surface area contributed by atoms with E-state index in [-0.39, 0.29) is 5.56 Å². The molecule has 0 fully saturated rings. The number of benzene rings is 2. The maximum absolute atomic E-state index is 12.4. The van der Waals surface area contributed by atoms with Crippen LogP contribution in [0.5, 0.6) is 0 Å². The van der Waals surface area contributed by atoms with Crippen molar-refractivity contribution in [2.24, 2.45) is 0 Å². The van der Waals surface area contributed by atoms with E-state index in [9.17, 15) is 4.79 Å². The average molecular weight is 266 g/mol. The molecule has 100 valence electrons. The highest BCUT2D eigenvalue weighted by Crippen LogP contribution is 2.07. The Labute approximate surface area is 116 Å². The minimum atomic E-state index is -0.177. The predicted octanol–water partition coefficient (Wildman–Crippen LogP) is 2.33. The first-order chi connectivity index (χ1) is 9.75. The fourth-order valence-corrected chi connectivity index (χ4v) is 2.09. The van der Waals surface area contributed by atoms with Gasteiger partial charge >= 0.3 is 0 Å². The molecule has 0 saturated carbocycles. The monoisotopic (exact) mass is 266 g/mol. The summed E-state index contributed by atoms with van der Waals surface area (Å²) in [5.41, 5.74) is 1.52. The normalized spacial score (nSPS) is 10.7. The van der Waals surface area contributed by atoms with Gasteiger partial charge in [-0.15, -0.1) is 4.73 Å². The van der Waals surface area contributed by atoms with Gasteiger partial charge in [0.1, 0.15) is 12.4 Å². The molecule has 0 N–H and O–H groups in total. The molecular formula is C16H14N2O2. The number of para-hydroxylation sites is 1. The molecule has 1 aromatic heterocycles. The van der Waals surface area contributed by atoms with Gasteiger partial charge in [0.15, 0.2) is 0 Å². The van der Waals surface area contributed by atoms with Crippen LogP contribution in [0.1, 0.15) is 11.4 Å². The number of aryl methyl sites for hydroxylation is 1. The van der Waals surface area contributed by atoms with Gasteiger partial charge in [-0.2, -0.15) is 0 Å². The van der Waals surface area contributed by atoms with Gasteiger partial charge < -0.3 is 4.84 Å². The zero-order valence-corrected chi connectivity index (χ0v) is 11.1. The number of hydrogen-bond acceptors (Lipinski definition) is 3. The zero-order valence-electron chi connectivity index (χ0n) is 11.1. The third kappa shape index (κ3) is 2.28. The quantitative estimate of drug-likeness (QED) is 0.731. The van der Waals surface area contributed by atoms with Crippen molar-refractivity contribution in [1.82, 2.24) is 9.71 Å². The summed E-state index contributed by atoms with van der Waals surface area (Å²) in [5, 5.41) is 0.561. The van der Waals surface area contributed by atoms with Crippen molar-refractivity contribution in [3.8, 4) is 0 Å². The molecule has 0 bridgehead atoms. The molecule has 4 heteroatoms. The molecule has 0 saturated heterocycles. The molecule has 0 aliphatic heterocycles. The minimum absolute atomic E-state index is 0.177. The zero-order chi connectivity index (χ0) is 13.9. The minimum Gasteiger partial charge on any atom is -0.404 e. The van der Waals surface area contributed by atoms with E-state index in [0.717, 1.165) is 5.56 Å². The summed E-state index contributed by atoms with van der Waals surface area (Å²) >= 11 is 0. The highest BCUT2D eigenvalue weighted by molar-refractivity contribution is 5.77. The Morgan fingerprint density at radius 2 is 1.75 bits per heavy atom. The fraction of sp³-hybridized carbons (Fsp3) is 0.125. The van der Waals surface area contributed by atoms with Gasteiger partial charge in [-0.25, -0.2) is 4.98 Å². The van der Waals surface area contributed by atoms with Gasteiger partial charge in [0.2, 0.25) is 0 Å². The average Bonchev–Trinajstić information content (AvgIpc) is 2.48. The number of hydrogen-bond donors (Lipinski definition) is 0. The molecule has 3 rings (SSSR count). The molecule has 0 aliphatic rings. The van der Waals surface area contributed by atoms with Gasteiger partial charge in [0.25, 0.3) is 5.56 Å². The molecule has 0 aliphatic carbocycles. The Kier molecular flexibility index (Phi) is 3.21. The van der Waals surface area contributed by atoms with Crippen LogP contribution >= 0.6 is 0 Å². The SMILES string of the molecule is Cc1nc2ccccc2c(=O)n1OCc1ccccc1. The fourth-order valence-electron chi connectivity index (χ4n) is 2.09. The lowest BCUT2D eigenvalue weighted by Crippen LogP contribution is -2.29. The van der Waals surface area contributed by atoms with E-state index in [1.807, 2.05) is 48.5 Å². The summed E-state index contributed by atoms with van der Waals surface area (Å²) in [5.74, 6) is 0.546. The van der Waals surface area contributed by atoms with Crippen molar-refractivity contribution in [3.63, 3.8) is 0 Å². The van der Waals surface area contributed by atoms with Gasteiger partial charge in [0, 0.05) is 0 Å². The van der Waals surface area contributed by atoms with E-state index in [1.165, 1.54) is 4.73 Å². The highest BCUT2D eigenvalue weighted by Gasteiger charge is 2.08. The lowest BCUT2D eigenvalue weighted by atomic mass is 10.2. The van der Waals surface area contributed by atoms with Gasteiger partial charge in [-0.3, -0.25) is 4.79 Å². The van der Waals surface area contributed by atoms with Gasteiger partial charge in [-0.1, -0.05) is 42.5 Å². The van der Waals surface area contributed by atoms with Crippen molar-refractivity contribution in [2.75, 3.05) is 0 Å². The van der Waals surface area contributed by atoms with Crippen molar-refractivity contribution >= 4 is 10.9 Å². The second kappa shape index (κ2) is 5.17. The van der Waals surface area contributed by atoms with Crippen LogP contribution in [-0.4, -0.2) is 9.71 Å². The van der Waals surface area contributed by atoms with Crippen LogP contribution in [0.3, 0.4) is 0 Å². The molecular weight excluding hydrogens is 252 g/mol. The molecule has 0 atom stereocenters.